The molecule has 0 atom stereocenters. The molecule has 48 heavy (non-hydrogen) atoms. The molecule has 9 aromatic rings. The molecule has 2 heterocycles. The lowest BCUT2D eigenvalue weighted by atomic mass is 9.96. The maximum Gasteiger partial charge on any atom is 0.195 e. The molecule has 0 spiro atoms. The number of benzene rings is 7. The molecule has 0 amide bonds. The molecule has 4 heteroatoms. The molecule has 0 aliphatic rings. The lowest BCUT2D eigenvalue weighted by Crippen LogP contribution is -1.97. The first kappa shape index (κ1) is 27.4. The summed E-state index contributed by atoms with van der Waals surface area (Å²) in [5, 5.41) is 4.59. The molecule has 7 aromatic carbocycles. The molecule has 0 saturated heterocycles. The molecule has 4 nitrogen and oxygen atoms in total. The SMILES string of the molecule is [C-]#[N+]c1ccc2c(c1)c1ccccc1n2-c1ccccc1-c1cc(-c2cccc(-n3c4ccccc4c4ccccc43)c2)ccc1[N+]#[C-]. The Morgan fingerprint density at radius 1 is 0.396 bits per heavy atom. The van der Waals surface area contributed by atoms with E-state index in [4.69, 9.17) is 13.1 Å². The molecule has 222 valence electrons. The van der Waals surface area contributed by atoms with Crippen LogP contribution in [-0.2, 0) is 0 Å². The van der Waals surface area contributed by atoms with Crippen molar-refractivity contribution in [2.24, 2.45) is 0 Å². The maximum atomic E-state index is 8.13. The fourth-order valence-corrected chi connectivity index (χ4v) is 7.24. The Balaban J connectivity index is 1.24. The van der Waals surface area contributed by atoms with Gasteiger partial charge in [0.2, 0.25) is 0 Å². The summed E-state index contributed by atoms with van der Waals surface area (Å²) in [6.45, 7) is 15.7. The molecule has 2 aromatic heterocycles. The topological polar surface area (TPSA) is 18.6 Å². The quantitative estimate of drug-likeness (QED) is 0.177. The van der Waals surface area contributed by atoms with Crippen molar-refractivity contribution >= 4 is 55.0 Å². The van der Waals surface area contributed by atoms with E-state index in [1.165, 1.54) is 21.8 Å². The van der Waals surface area contributed by atoms with Crippen molar-refractivity contribution in [3.63, 3.8) is 0 Å². The summed E-state index contributed by atoms with van der Waals surface area (Å²) in [6.07, 6.45) is 0. The minimum Gasteiger partial charge on any atom is -0.309 e. The first-order chi connectivity index (χ1) is 23.7. The van der Waals surface area contributed by atoms with Gasteiger partial charge >= 0.3 is 0 Å². The molecule has 0 aliphatic heterocycles. The molecule has 9 rings (SSSR count). The van der Waals surface area contributed by atoms with Crippen LogP contribution < -0.4 is 0 Å². The largest absolute Gasteiger partial charge is 0.309 e. The summed E-state index contributed by atoms with van der Waals surface area (Å²) in [5.74, 6) is 0. The predicted molar refractivity (Wildman–Crippen MR) is 199 cm³/mol. The van der Waals surface area contributed by atoms with E-state index < -0.39 is 0 Å². The van der Waals surface area contributed by atoms with E-state index in [0.29, 0.717) is 11.4 Å². The van der Waals surface area contributed by atoms with Crippen molar-refractivity contribution in [1.82, 2.24) is 9.13 Å². The van der Waals surface area contributed by atoms with Crippen LogP contribution in [0.2, 0.25) is 0 Å². The van der Waals surface area contributed by atoms with Gasteiger partial charge < -0.3 is 9.13 Å². The van der Waals surface area contributed by atoms with Gasteiger partial charge in [0.15, 0.2) is 11.4 Å². The van der Waals surface area contributed by atoms with Crippen molar-refractivity contribution < 1.29 is 0 Å². The van der Waals surface area contributed by atoms with Crippen LogP contribution in [-0.4, -0.2) is 9.13 Å². The van der Waals surface area contributed by atoms with Crippen LogP contribution in [0.3, 0.4) is 0 Å². The summed E-state index contributed by atoms with van der Waals surface area (Å²) in [5.41, 5.74) is 11.7. The monoisotopic (exact) mass is 610 g/mol. The fourth-order valence-electron chi connectivity index (χ4n) is 7.24. The number of fused-ring (bicyclic) bond motifs is 6. The van der Waals surface area contributed by atoms with Gasteiger partial charge in [0.25, 0.3) is 0 Å². The fraction of sp³-hybridized carbons (Fsp3) is 0. The van der Waals surface area contributed by atoms with Gasteiger partial charge in [0.1, 0.15) is 0 Å². The second-order valence-electron chi connectivity index (χ2n) is 11.9. The highest BCUT2D eigenvalue weighted by atomic mass is 15.0. The zero-order valence-electron chi connectivity index (χ0n) is 25.8. The highest BCUT2D eigenvalue weighted by Crippen LogP contribution is 2.42. The number of hydrogen-bond donors (Lipinski definition) is 0. The van der Waals surface area contributed by atoms with Gasteiger partial charge in [-0.3, -0.25) is 0 Å². The lowest BCUT2D eigenvalue weighted by Gasteiger charge is -2.16. The summed E-state index contributed by atoms with van der Waals surface area (Å²) < 4.78 is 4.59. The Labute approximate surface area is 277 Å². The van der Waals surface area contributed by atoms with E-state index in [9.17, 15) is 0 Å². The van der Waals surface area contributed by atoms with Crippen LogP contribution in [0, 0.1) is 13.1 Å². The number of rotatable bonds is 4. The Morgan fingerprint density at radius 3 is 1.71 bits per heavy atom. The Kier molecular flexibility index (Phi) is 6.22. The van der Waals surface area contributed by atoms with Crippen molar-refractivity contribution in [1.29, 1.82) is 0 Å². The van der Waals surface area contributed by atoms with Crippen molar-refractivity contribution in [3.8, 4) is 33.6 Å². The van der Waals surface area contributed by atoms with Crippen LogP contribution in [0.25, 0.3) is 86.9 Å². The Bertz CT molecular complexity index is 2760. The number of hydrogen-bond acceptors (Lipinski definition) is 0. The van der Waals surface area contributed by atoms with Gasteiger partial charge in [-0.1, -0.05) is 109 Å². The third kappa shape index (κ3) is 4.14. The van der Waals surface area contributed by atoms with Crippen molar-refractivity contribution in [2.75, 3.05) is 0 Å². The molecule has 0 bridgehead atoms. The van der Waals surface area contributed by atoms with Gasteiger partial charge in [-0.05, 0) is 76.2 Å². The van der Waals surface area contributed by atoms with Gasteiger partial charge in [-0.15, -0.1) is 0 Å². The van der Waals surface area contributed by atoms with Crippen molar-refractivity contribution in [3.05, 3.63) is 181 Å². The second-order valence-corrected chi connectivity index (χ2v) is 11.9. The van der Waals surface area contributed by atoms with E-state index >= 15 is 0 Å². The summed E-state index contributed by atoms with van der Waals surface area (Å²) >= 11 is 0. The first-order valence-electron chi connectivity index (χ1n) is 15.8. The Morgan fingerprint density at radius 2 is 1.00 bits per heavy atom. The highest BCUT2D eigenvalue weighted by molar-refractivity contribution is 6.11. The molecule has 0 fully saturated rings. The Hall–Kier alpha value is -6.88. The predicted octanol–water partition coefficient (Wildman–Crippen LogP) is 12.3. The minimum absolute atomic E-state index is 0.598. The van der Waals surface area contributed by atoms with Gasteiger partial charge in [-0.25, -0.2) is 9.69 Å². The van der Waals surface area contributed by atoms with E-state index in [2.05, 4.69) is 128 Å². The van der Waals surface area contributed by atoms with Crippen molar-refractivity contribution in [2.45, 2.75) is 0 Å². The third-order valence-corrected chi connectivity index (χ3v) is 9.36. The first-order valence-corrected chi connectivity index (χ1v) is 15.8. The highest BCUT2D eigenvalue weighted by Gasteiger charge is 2.18. The van der Waals surface area contributed by atoms with E-state index in [1.807, 2.05) is 48.5 Å². The lowest BCUT2D eigenvalue weighted by molar-refractivity contribution is 1.18. The van der Waals surface area contributed by atoms with Crippen LogP contribution >= 0.6 is 0 Å². The smallest absolute Gasteiger partial charge is 0.195 e. The molecule has 0 unspecified atom stereocenters. The van der Waals surface area contributed by atoms with Gasteiger partial charge in [0, 0.05) is 21.8 Å². The van der Waals surface area contributed by atoms with Crippen LogP contribution in [0.15, 0.2) is 158 Å². The maximum absolute atomic E-state index is 8.13. The van der Waals surface area contributed by atoms with Crippen LogP contribution in [0.4, 0.5) is 11.4 Å². The number of para-hydroxylation sites is 4. The second kappa shape index (κ2) is 10.9. The minimum atomic E-state index is 0.598. The zero-order chi connectivity index (χ0) is 32.2. The standard InChI is InChI=1S/C44H26N4/c1-45-31-23-25-44-38(28-31)36-17-6-10-21-43(36)48(44)42-20-9-5-16-35(42)37-27-30(22-24-39(37)46-2)29-12-11-13-32(26-29)47-40-18-7-3-14-33(40)34-15-4-8-19-41(34)47/h3-28H. The molecule has 0 saturated carbocycles. The molecular weight excluding hydrogens is 585 g/mol. The van der Waals surface area contributed by atoms with Gasteiger partial charge in [0.05, 0.1) is 40.9 Å². The molecule has 0 radical (unpaired) electrons. The molecular formula is C44H26N4. The normalized spacial score (nSPS) is 11.3. The molecule has 0 N–H and O–H groups in total. The number of aromatic nitrogens is 2. The molecule has 0 aliphatic carbocycles. The summed E-state index contributed by atoms with van der Waals surface area (Å²) in [6, 6.07) is 54.4. The third-order valence-electron chi connectivity index (χ3n) is 9.36. The van der Waals surface area contributed by atoms with Crippen LogP contribution in [0.5, 0.6) is 0 Å². The number of nitrogens with zero attached hydrogens (tertiary/aromatic N) is 4. The van der Waals surface area contributed by atoms with Crippen LogP contribution in [0.1, 0.15) is 0 Å². The average molecular weight is 611 g/mol. The summed E-state index contributed by atoms with van der Waals surface area (Å²) in [4.78, 5) is 7.68. The average Bonchev–Trinajstić information content (AvgIpc) is 3.67. The van der Waals surface area contributed by atoms with E-state index in [1.54, 1.807) is 0 Å². The summed E-state index contributed by atoms with van der Waals surface area (Å²) in [7, 11) is 0. The van der Waals surface area contributed by atoms with E-state index in [0.717, 1.165) is 55.4 Å². The van der Waals surface area contributed by atoms with E-state index in [-0.39, 0.29) is 0 Å². The zero-order valence-corrected chi connectivity index (χ0v) is 25.8. The van der Waals surface area contributed by atoms with Gasteiger partial charge in [-0.2, -0.15) is 0 Å².